The molecule has 6 nitrogen and oxygen atoms in total. The average Bonchev–Trinajstić information content (AvgIpc) is 2.76. The lowest BCUT2D eigenvalue weighted by molar-refractivity contribution is -0.141. The zero-order valence-corrected chi connectivity index (χ0v) is 11.6. The number of carboxylic acid groups (broad SMARTS) is 1. The molecule has 1 aromatic rings. The van der Waals surface area contributed by atoms with E-state index in [2.05, 4.69) is 5.32 Å². The van der Waals surface area contributed by atoms with Crippen molar-refractivity contribution >= 4 is 29.3 Å². The number of aryl methyl sites for hydroxylation is 1. The molecule has 1 aliphatic heterocycles. The van der Waals surface area contributed by atoms with Crippen LogP contribution >= 0.6 is 11.6 Å². The van der Waals surface area contributed by atoms with Gasteiger partial charge in [0.25, 0.3) is 0 Å². The number of nitrogens with zero attached hydrogens (tertiary/aromatic N) is 1. The number of hydrogen-bond donors (Lipinski definition) is 3. The van der Waals surface area contributed by atoms with Gasteiger partial charge in [-0.1, -0.05) is 17.7 Å². The summed E-state index contributed by atoms with van der Waals surface area (Å²) in [5, 5.41) is 21.5. The molecule has 1 fully saturated rings. The highest BCUT2D eigenvalue weighted by Gasteiger charge is 2.39. The van der Waals surface area contributed by atoms with Crippen molar-refractivity contribution in [3.63, 3.8) is 0 Å². The lowest BCUT2D eigenvalue weighted by Crippen LogP contribution is -2.43. The Hall–Kier alpha value is -1.79. The van der Waals surface area contributed by atoms with Gasteiger partial charge >= 0.3 is 12.0 Å². The fraction of sp³-hybridized carbons (Fsp3) is 0.385. The van der Waals surface area contributed by atoms with Crippen LogP contribution in [-0.2, 0) is 4.79 Å². The first-order chi connectivity index (χ1) is 9.38. The summed E-state index contributed by atoms with van der Waals surface area (Å²) < 4.78 is 0. The van der Waals surface area contributed by atoms with E-state index in [4.69, 9.17) is 16.7 Å². The molecule has 108 valence electrons. The number of likely N-dealkylation sites (tertiary alicyclic amines) is 1. The van der Waals surface area contributed by atoms with Gasteiger partial charge in [-0.15, -0.1) is 0 Å². The topological polar surface area (TPSA) is 89.9 Å². The summed E-state index contributed by atoms with van der Waals surface area (Å²) in [6, 6.07) is 3.55. The van der Waals surface area contributed by atoms with Crippen molar-refractivity contribution in [3.8, 4) is 0 Å². The molecule has 7 heteroatoms. The second kappa shape index (κ2) is 5.68. The van der Waals surface area contributed by atoms with Crippen molar-refractivity contribution in [2.75, 3.05) is 11.9 Å². The minimum absolute atomic E-state index is 0.00770. The monoisotopic (exact) mass is 298 g/mol. The number of carboxylic acids is 1. The van der Waals surface area contributed by atoms with Crippen molar-refractivity contribution in [3.05, 3.63) is 28.8 Å². The number of aliphatic hydroxyl groups excluding tert-OH is 1. The number of halogens is 1. The standard InChI is InChI=1S/C13H15ClN2O4/c1-7-2-3-9(14)10(4-7)15-13(20)16-6-8(17)5-11(16)12(18)19/h2-4,8,11,17H,5-6H2,1H3,(H,15,20)(H,18,19)/t8-,11-/m0/s1. The van der Waals surface area contributed by atoms with Gasteiger partial charge in [-0.05, 0) is 24.6 Å². The summed E-state index contributed by atoms with van der Waals surface area (Å²) in [7, 11) is 0. The maximum Gasteiger partial charge on any atom is 0.326 e. The summed E-state index contributed by atoms with van der Waals surface area (Å²) in [5.41, 5.74) is 1.34. The predicted octanol–water partition coefficient (Wildman–Crippen LogP) is 1.70. The number of β-amino-alcohol motifs (C(OH)–C–C–N with tert-alkyl or cyclic N) is 1. The van der Waals surface area contributed by atoms with Crippen LogP contribution < -0.4 is 5.32 Å². The third kappa shape index (κ3) is 3.02. The summed E-state index contributed by atoms with van der Waals surface area (Å²) in [6.45, 7) is 1.85. The molecule has 0 radical (unpaired) electrons. The lowest BCUT2D eigenvalue weighted by atomic mass is 10.2. The Kier molecular flexibility index (Phi) is 4.15. The van der Waals surface area contributed by atoms with Crippen molar-refractivity contribution < 1.29 is 19.8 Å². The maximum absolute atomic E-state index is 12.1. The largest absolute Gasteiger partial charge is 0.480 e. The molecule has 3 N–H and O–H groups in total. The molecule has 2 rings (SSSR count). The molecule has 1 aliphatic rings. The van der Waals surface area contributed by atoms with Gasteiger partial charge in [-0.2, -0.15) is 0 Å². The first-order valence-electron chi connectivity index (χ1n) is 6.13. The number of hydrogen-bond acceptors (Lipinski definition) is 3. The first kappa shape index (κ1) is 14.6. The number of nitrogens with one attached hydrogen (secondary N) is 1. The molecule has 20 heavy (non-hydrogen) atoms. The predicted molar refractivity (Wildman–Crippen MR) is 74.0 cm³/mol. The fourth-order valence-corrected chi connectivity index (χ4v) is 2.36. The van der Waals surface area contributed by atoms with Gasteiger partial charge in [0, 0.05) is 13.0 Å². The number of carbonyl (C=O) groups excluding carboxylic acids is 1. The van der Waals surface area contributed by atoms with Gasteiger partial charge in [-0.25, -0.2) is 9.59 Å². The van der Waals surface area contributed by atoms with Gasteiger partial charge in [0.1, 0.15) is 6.04 Å². The number of anilines is 1. The van der Waals surface area contributed by atoms with Crippen LogP contribution in [0.1, 0.15) is 12.0 Å². The molecular weight excluding hydrogens is 284 g/mol. The van der Waals surface area contributed by atoms with Gasteiger partial charge in [0.05, 0.1) is 16.8 Å². The lowest BCUT2D eigenvalue weighted by Gasteiger charge is -2.22. The van der Waals surface area contributed by atoms with Crippen molar-refractivity contribution in [2.24, 2.45) is 0 Å². The third-order valence-electron chi connectivity index (χ3n) is 3.19. The van der Waals surface area contributed by atoms with Gasteiger partial charge in [0.2, 0.25) is 0 Å². The van der Waals surface area contributed by atoms with Crippen LogP contribution in [0, 0.1) is 6.92 Å². The molecule has 2 amide bonds. The SMILES string of the molecule is Cc1ccc(Cl)c(NC(=O)N2C[C@@H](O)C[C@H]2C(=O)O)c1. The van der Waals surface area contributed by atoms with E-state index in [0.29, 0.717) is 10.7 Å². The summed E-state index contributed by atoms with van der Waals surface area (Å²) in [4.78, 5) is 24.3. The van der Waals surface area contributed by atoms with E-state index in [1.807, 2.05) is 6.92 Å². The zero-order chi connectivity index (χ0) is 14.9. The summed E-state index contributed by atoms with van der Waals surface area (Å²) in [6.07, 6.45) is -0.792. The Morgan fingerprint density at radius 3 is 2.80 bits per heavy atom. The number of benzene rings is 1. The second-order valence-electron chi connectivity index (χ2n) is 4.81. The van der Waals surface area contributed by atoms with Gasteiger partial charge < -0.3 is 20.4 Å². The Morgan fingerprint density at radius 2 is 2.15 bits per heavy atom. The third-order valence-corrected chi connectivity index (χ3v) is 3.52. The van der Waals surface area contributed by atoms with Crippen LogP contribution in [0.3, 0.4) is 0 Å². The van der Waals surface area contributed by atoms with Crippen LogP contribution in [0.2, 0.25) is 5.02 Å². The minimum Gasteiger partial charge on any atom is -0.480 e. The number of aliphatic carboxylic acids is 1. The molecule has 1 heterocycles. The molecule has 0 aromatic heterocycles. The van der Waals surface area contributed by atoms with Crippen LogP contribution in [-0.4, -0.2) is 45.8 Å². The highest BCUT2D eigenvalue weighted by atomic mass is 35.5. The second-order valence-corrected chi connectivity index (χ2v) is 5.22. The quantitative estimate of drug-likeness (QED) is 0.775. The van der Waals surface area contributed by atoms with E-state index < -0.39 is 24.1 Å². The van der Waals surface area contributed by atoms with Crippen molar-refractivity contribution in [1.29, 1.82) is 0 Å². The van der Waals surface area contributed by atoms with Crippen LogP contribution in [0.4, 0.5) is 10.5 Å². The molecule has 1 aromatic carbocycles. The summed E-state index contributed by atoms with van der Waals surface area (Å²) >= 11 is 5.98. The molecular formula is C13H15ClN2O4. The molecule has 0 bridgehead atoms. The van der Waals surface area contributed by atoms with Gasteiger partial charge in [-0.3, -0.25) is 0 Å². The minimum atomic E-state index is -1.13. The number of aliphatic hydroxyl groups is 1. The molecule has 0 aliphatic carbocycles. The average molecular weight is 299 g/mol. The number of rotatable bonds is 2. The first-order valence-corrected chi connectivity index (χ1v) is 6.51. The Bertz CT molecular complexity index is 549. The number of urea groups is 1. The Balaban J connectivity index is 2.15. The van der Waals surface area contributed by atoms with E-state index in [0.717, 1.165) is 10.5 Å². The van der Waals surface area contributed by atoms with Crippen molar-refractivity contribution in [1.82, 2.24) is 4.90 Å². The maximum atomic E-state index is 12.1. The van der Waals surface area contributed by atoms with E-state index >= 15 is 0 Å². The van der Waals surface area contributed by atoms with E-state index in [1.165, 1.54) is 0 Å². The molecule has 2 atom stereocenters. The van der Waals surface area contributed by atoms with Crippen LogP contribution in [0.25, 0.3) is 0 Å². The van der Waals surface area contributed by atoms with E-state index in [9.17, 15) is 14.7 Å². The Labute approximate surface area is 121 Å². The smallest absolute Gasteiger partial charge is 0.326 e. The van der Waals surface area contributed by atoms with Gasteiger partial charge in [0.15, 0.2) is 0 Å². The number of carbonyl (C=O) groups is 2. The molecule has 0 unspecified atom stereocenters. The number of amides is 2. The fourth-order valence-electron chi connectivity index (χ4n) is 2.19. The normalized spacial score (nSPS) is 21.9. The van der Waals surface area contributed by atoms with E-state index in [1.54, 1.807) is 18.2 Å². The van der Waals surface area contributed by atoms with Crippen molar-refractivity contribution in [2.45, 2.75) is 25.5 Å². The Morgan fingerprint density at radius 1 is 1.45 bits per heavy atom. The highest BCUT2D eigenvalue weighted by molar-refractivity contribution is 6.33. The highest BCUT2D eigenvalue weighted by Crippen LogP contribution is 2.25. The van der Waals surface area contributed by atoms with Crippen LogP contribution in [0.5, 0.6) is 0 Å². The molecule has 1 saturated heterocycles. The van der Waals surface area contributed by atoms with Crippen LogP contribution in [0.15, 0.2) is 18.2 Å². The molecule has 0 spiro atoms. The summed E-state index contributed by atoms with van der Waals surface area (Å²) in [5.74, 6) is -1.13. The molecule has 0 saturated carbocycles. The van der Waals surface area contributed by atoms with E-state index in [-0.39, 0.29) is 13.0 Å². The zero-order valence-electron chi connectivity index (χ0n) is 10.8.